The third-order valence-electron chi connectivity index (χ3n) is 2.37. The summed E-state index contributed by atoms with van der Waals surface area (Å²) < 4.78 is 11.8. The summed E-state index contributed by atoms with van der Waals surface area (Å²) in [5.41, 5.74) is 1.42. The predicted octanol–water partition coefficient (Wildman–Crippen LogP) is 2.89. The molecule has 2 atom stereocenters. The molecule has 0 fully saturated rings. The minimum Gasteiger partial charge on any atom is -0.381 e. The van der Waals surface area contributed by atoms with Gasteiger partial charge < -0.3 is 5.32 Å². The van der Waals surface area contributed by atoms with Crippen molar-refractivity contribution in [1.29, 1.82) is 5.26 Å². The summed E-state index contributed by atoms with van der Waals surface area (Å²) in [6.45, 7) is 2.02. The average Bonchev–Trinajstić information content (AvgIpc) is 2.27. The van der Waals surface area contributed by atoms with E-state index in [2.05, 4.69) is 27.3 Å². The number of hydrogen-bond donors (Lipinski definition) is 1. The molecule has 0 saturated carbocycles. The molecule has 0 aliphatic heterocycles. The van der Waals surface area contributed by atoms with Gasteiger partial charge in [-0.1, -0.05) is 6.07 Å². The van der Waals surface area contributed by atoms with Gasteiger partial charge in [0.2, 0.25) is 0 Å². The molecule has 1 aromatic rings. The molecule has 5 heteroatoms. The van der Waals surface area contributed by atoms with E-state index >= 15 is 0 Å². The van der Waals surface area contributed by atoms with E-state index in [-0.39, 0.29) is 6.04 Å². The minimum atomic E-state index is -0.770. The lowest BCUT2D eigenvalue weighted by Crippen LogP contribution is -2.18. The lowest BCUT2D eigenvalue weighted by Gasteiger charge is -2.16. The molecule has 0 saturated heterocycles. The van der Waals surface area contributed by atoms with E-state index in [0.717, 1.165) is 16.6 Å². The molecule has 0 radical (unpaired) electrons. The van der Waals surface area contributed by atoms with E-state index in [4.69, 9.17) is 5.26 Å². The van der Waals surface area contributed by atoms with Crippen molar-refractivity contribution in [3.05, 3.63) is 28.2 Å². The van der Waals surface area contributed by atoms with Crippen LogP contribution < -0.4 is 5.32 Å². The first-order chi connectivity index (χ1) is 8.04. The van der Waals surface area contributed by atoms with Gasteiger partial charge >= 0.3 is 0 Å². The number of benzene rings is 1. The van der Waals surface area contributed by atoms with Crippen LogP contribution in [0.1, 0.15) is 18.9 Å². The lowest BCUT2D eigenvalue weighted by atomic mass is 10.1. The minimum absolute atomic E-state index is 0.195. The largest absolute Gasteiger partial charge is 0.381 e. The zero-order valence-corrected chi connectivity index (χ0v) is 12.3. The van der Waals surface area contributed by atoms with Crippen LogP contribution in [0.2, 0.25) is 0 Å². The molecule has 0 aliphatic rings. The van der Waals surface area contributed by atoms with Crippen molar-refractivity contribution in [2.45, 2.75) is 19.4 Å². The van der Waals surface area contributed by atoms with Crippen LogP contribution in [0.3, 0.4) is 0 Å². The molecule has 1 aromatic carbocycles. The van der Waals surface area contributed by atoms with Crippen LogP contribution in [-0.4, -0.2) is 22.3 Å². The van der Waals surface area contributed by atoms with Crippen molar-refractivity contribution in [3.63, 3.8) is 0 Å². The molecule has 0 heterocycles. The van der Waals surface area contributed by atoms with E-state index in [0.29, 0.717) is 11.3 Å². The molecule has 0 aliphatic carbocycles. The summed E-state index contributed by atoms with van der Waals surface area (Å²) >= 11 is 3.35. The SMILES string of the molecule is CC(CCS(C)=O)Nc1cccc(Br)c1C#N. The Morgan fingerprint density at radius 1 is 1.59 bits per heavy atom. The van der Waals surface area contributed by atoms with E-state index in [1.807, 2.05) is 25.1 Å². The second-order valence-electron chi connectivity index (χ2n) is 3.89. The quantitative estimate of drug-likeness (QED) is 0.909. The van der Waals surface area contributed by atoms with E-state index in [1.54, 1.807) is 6.26 Å². The summed E-state index contributed by atoms with van der Waals surface area (Å²) in [5, 5.41) is 12.3. The Kier molecular flexibility index (Phi) is 5.66. The van der Waals surface area contributed by atoms with Gasteiger partial charge in [-0.15, -0.1) is 0 Å². The fraction of sp³-hybridized carbons (Fsp3) is 0.417. The number of hydrogen-bond acceptors (Lipinski definition) is 3. The van der Waals surface area contributed by atoms with Crippen LogP contribution in [-0.2, 0) is 10.8 Å². The second-order valence-corrected chi connectivity index (χ2v) is 6.29. The van der Waals surface area contributed by atoms with Gasteiger partial charge in [0, 0.05) is 33.3 Å². The molecule has 3 nitrogen and oxygen atoms in total. The van der Waals surface area contributed by atoms with E-state index in [1.165, 1.54) is 0 Å². The summed E-state index contributed by atoms with van der Waals surface area (Å²) in [6, 6.07) is 7.97. The maximum Gasteiger partial charge on any atom is 0.103 e. The topological polar surface area (TPSA) is 52.9 Å². The number of nitrogens with zero attached hydrogens (tertiary/aromatic N) is 1. The maximum absolute atomic E-state index is 11.0. The molecular weight excluding hydrogens is 300 g/mol. The number of halogens is 1. The molecule has 0 amide bonds. The summed E-state index contributed by atoms with van der Waals surface area (Å²) in [6.07, 6.45) is 2.52. The third kappa shape index (κ3) is 4.49. The fourth-order valence-corrected chi connectivity index (χ4v) is 2.58. The Morgan fingerprint density at radius 3 is 2.88 bits per heavy atom. The van der Waals surface area contributed by atoms with Crippen LogP contribution in [0.4, 0.5) is 5.69 Å². The first-order valence-electron chi connectivity index (χ1n) is 5.29. The van der Waals surface area contributed by atoms with Crippen LogP contribution in [0.5, 0.6) is 0 Å². The van der Waals surface area contributed by atoms with Gasteiger partial charge in [-0.25, -0.2) is 0 Å². The highest BCUT2D eigenvalue weighted by Gasteiger charge is 2.09. The standard InChI is InChI=1S/C12H15BrN2OS/c1-9(6-7-17(2)16)15-12-5-3-4-11(13)10(12)8-14/h3-5,9,15H,6-7H2,1-2H3. The second kappa shape index (κ2) is 6.77. The Bertz CT molecular complexity index is 456. The van der Waals surface area contributed by atoms with Gasteiger partial charge in [0.1, 0.15) is 6.07 Å². The normalized spacial score (nSPS) is 13.8. The van der Waals surface area contributed by atoms with Crippen molar-refractivity contribution in [2.75, 3.05) is 17.3 Å². The first kappa shape index (κ1) is 14.2. The van der Waals surface area contributed by atoms with Crippen LogP contribution in [0.15, 0.2) is 22.7 Å². The smallest absolute Gasteiger partial charge is 0.103 e. The molecule has 0 spiro atoms. The van der Waals surface area contributed by atoms with Gasteiger partial charge in [0.05, 0.1) is 11.3 Å². The Morgan fingerprint density at radius 2 is 2.29 bits per heavy atom. The van der Waals surface area contributed by atoms with Crippen molar-refractivity contribution in [2.24, 2.45) is 0 Å². The molecule has 1 N–H and O–H groups in total. The van der Waals surface area contributed by atoms with Crippen LogP contribution in [0, 0.1) is 11.3 Å². The summed E-state index contributed by atoms with van der Waals surface area (Å²) in [4.78, 5) is 0. The number of rotatable bonds is 5. The zero-order valence-electron chi connectivity index (χ0n) is 9.87. The van der Waals surface area contributed by atoms with E-state index < -0.39 is 10.8 Å². The van der Waals surface area contributed by atoms with Gasteiger partial charge in [-0.3, -0.25) is 4.21 Å². The molecular formula is C12H15BrN2OS. The van der Waals surface area contributed by atoms with Gasteiger partial charge in [-0.2, -0.15) is 5.26 Å². The monoisotopic (exact) mass is 314 g/mol. The lowest BCUT2D eigenvalue weighted by molar-refractivity contribution is 0.678. The summed E-state index contributed by atoms with van der Waals surface area (Å²) in [5.74, 6) is 0.671. The average molecular weight is 315 g/mol. The van der Waals surface area contributed by atoms with Crippen LogP contribution in [0.25, 0.3) is 0 Å². The fourth-order valence-electron chi connectivity index (χ4n) is 1.44. The molecule has 92 valence electrons. The highest BCUT2D eigenvalue weighted by Crippen LogP contribution is 2.24. The van der Waals surface area contributed by atoms with Crippen LogP contribution >= 0.6 is 15.9 Å². The molecule has 0 aromatic heterocycles. The zero-order chi connectivity index (χ0) is 12.8. The number of nitriles is 1. The van der Waals surface area contributed by atoms with Crippen molar-refractivity contribution < 1.29 is 4.21 Å². The van der Waals surface area contributed by atoms with Gasteiger partial charge in [0.15, 0.2) is 0 Å². The Balaban J connectivity index is 2.72. The molecule has 2 unspecified atom stereocenters. The van der Waals surface area contributed by atoms with Gasteiger partial charge in [0.25, 0.3) is 0 Å². The molecule has 17 heavy (non-hydrogen) atoms. The van der Waals surface area contributed by atoms with Crippen molar-refractivity contribution in [3.8, 4) is 6.07 Å². The number of nitrogens with one attached hydrogen (secondary N) is 1. The molecule has 1 rings (SSSR count). The first-order valence-corrected chi connectivity index (χ1v) is 7.81. The van der Waals surface area contributed by atoms with E-state index in [9.17, 15) is 4.21 Å². The Labute approximate surface area is 113 Å². The highest BCUT2D eigenvalue weighted by atomic mass is 79.9. The highest BCUT2D eigenvalue weighted by molar-refractivity contribution is 9.10. The summed E-state index contributed by atoms with van der Waals surface area (Å²) in [7, 11) is -0.770. The Hall–Kier alpha value is -0.860. The third-order valence-corrected chi connectivity index (χ3v) is 3.84. The predicted molar refractivity (Wildman–Crippen MR) is 75.5 cm³/mol. The molecule has 0 bridgehead atoms. The maximum atomic E-state index is 11.0. The van der Waals surface area contributed by atoms with Gasteiger partial charge in [-0.05, 0) is 41.4 Å². The number of anilines is 1. The van der Waals surface area contributed by atoms with Crippen molar-refractivity contribution in [1.82, 2.24) is 0 Å². The van der Waals surface area contributed by atoms with Crippen molar-refractivity contribution >= 4 is 32.4 Å².